The van der Waals surface area contributed by atoms with Gasteiger partial charge >= 0.3 is 0 Å². The van der Waals surface area contributed by atoms with Crippen LogP contribution in [0.3, 0.4) is 0 Å². The van der Waals surface area contributed by atoms with Gasteiger partial charge in [-0.15, -0.1) is 12.4 Å². The SMILES string of the molecule is CNCCC(=O)Nc1ccc(C(=O)NC2CCCCC2)cc1C.Cl. The summed E-state index contributed by atoms with van der Waals surface area (Å²) in [5.74, 6) is -0.0464. The van der Waals surface area contributed by atoms with Crippen LogP contribution in [0, 0.1) is 6.92 Å². The summed E-state index contributed by atoms with van der Waals surface area (Å²) in [5.41, 5.74) is 2.32. The fourth-order valence-corrected chi connectivity index (χ4v) is 2.91. The first-order valence-corrected chi connectivity index (χ1v) is 8.46. The summed E-state index contributed by atoms with van der Waals surface area (Å²) in [5, 5.41) is 8.95. The van der Waals surface area contributed by atoms with Crippen LogP contribution in [-0.2, 0) is 4.79 Å². The molecular formula is C18H28ClN3O2. The van der Waals surface area contributed by atoms with Crippen LogP contribution >= 0.6 is 12.4 Å². The van der Waals surface area contributed by atoms with Crippen LogP contribution in [0.25, 0.3) is 0 Å². The largest absolute Gasteiger partial charge is 0.349 e. The van der Waals surface area contributed by atoms with E-state index >= 15 is 0 Å². The Kier molecular flexibility index (Phi) is 8.79. The Hall–Kier alpha value is -1.59. The van der Waals surface area contributed by atoms with Crippen molar-refractivity contribution in [2.75, 3.05) is 18.9 Å². The van der Waals surface area contributed by atoms with Crippen molar-refractivity contribution in [2.45, 2.75) is 51.5 Å². The fourth-order valence-electron chi connectivity index (χ4n) is 2.91. The second kappa shape index (κ2) is 10.3. The maximum absolute atomic E-state index is 12.3. The Balaban J connectivity index is 0.00000288. The van der Waals surface area contributed by atoms with Crippen molar-refractivity contribution in [3.8, 4) is 0 Å². The minimum absolute atomic E-state index is 0. The van der Waals surface area contributed by atoms with Crippen LogP contribution in [0.15, 0.2) is 18.2 Å². The number of nitrogens with one attached hydrogen (secondary N) is 3. The lowest BCUT2D eigenvalue weighted by Gasteiger charge is -2.23. The molecule has 134 valence electrons. The maximum atomic E-state index is 12.3. The van der Waals surface area contributed by atoms with Gasteiger partial charge in [0, 0.05) is 30.3 Å². The highest BCUT2D eigenvalue weighted by Crippen LogP contribution is 2.20. The molecule has 1 aliphatic rings. The van der Waals surface area contributed by atoms with E-state index in [0.29, 0.717) is 24.6 Å². The second-order valence-corrected chi connectivity index (χ2v) is 6.24. The van der Waals surface area contributed by atoms with Gasteiger partial charge in [-0.1, -0.05) is 19.3 Å². The average molecular weight is 354 g/mol. The third-order valence-electron chi connectivity index (χ3n) is 4.31. The summed E-state index contributed by atoms with van der Waals surface area (Å²) in [6, 6.07) is 5.73. The van der Waals surface area contributed by atoms with Crippen LogP contribution in [0.5, 0.6) is 0 Å². The molecule has 2 rings (SSSR count). The quantitative estimate of drug-likeness (QED) is 0.736. The van der Waals surface area contributed by atoms with Crippen LogP contribution in [0.1, 0.15) is 54.4 Å². The van der Waals surface area contributed by atoms with Gasteiger partial charge < -0.3 is 16.0 Å². The zero-order valence-corrected chi connectivity index (χ0v) is 15.3. The molecule has 6 heteroatoms. The first-order valence-electron chi connectivity index (χ1n) is 8.46. The van der Waals surface area contributed by atoms with Gasteiger partial charge in [0.2, 0.25) is 5.91 Å². The van der Waals surface area contributed by atoms with Crippen LogP contribution in [-0.4, -0.2) is 31.4 Å². The molecule has 1 aromatic carbocycles. The summed E-state index contributed by atoms with van der Waals surface area (Å²) < 4.78 is 0. The molecule has 0 bridgehead atoms. The molecule has 2 amide bonds. The van der Waals surface area contributed by atoms with E-state index in [9.17, 15) is 9.59 Å². The lowest BCUT2D eigenvalue weighted by Crippen LogP contribution is -2.36. The molecule has 24 heavy (non-hydrogen) atoms. The molecule has 0 radical (unpaired) electrons. The van der Waals surface area contributed by atoms with Gasteiger partial charge in [-0.3, -0.25) is 9.59 Å². The van der Waals surface area contributed by atoms with Crippen molar-refractivity contribution in [2.24, 2.45) is 0 Å². The molecule has 0 saturated heterocycles. The molecule has 1 aromatic rings. The van der Waals surface area contributed by atoms with E-state index in [2.05, 4.69) is 16.0 Å². The maximum Gasteiger partial charge on any atom is 0.251 e. The highest BCUT2D eigenvalue weighted by molar-refractivity contribution is 5.96. The first-order chi connectivity index (χ1) is 11.1. The van der Waals surface area contributed by atoms with Gasteiger partial charge in [0.15, 0.2) is 0 Å². The molecule has 0 heterocycles. The highest BCUT2D eigenvalue weighted by Gasteiger charge is 2.17. The summed E-state index contributed by atoms with van der Waals surface area (Å²) in [7, 11) is 1.82. The van der Waals surface area contributed by atoms with Gasteiger partial charge in [-0.25, -0.2) is 0 Å². The Bertz CT molecular complexity index is 557. The van der Waals surface area contributed by atoms with Crippen LogP contribution in [0.2, 0.25) is 0 Å². The predicted octanol–water partition coefficient (Wildman–Crippen LogP) is 3.03. The van der Waals surface area contributed by atoms with Crippen LogP contribution < -0.4 is 16.0 Å². The summed E-state index contributed by atoms with van der Waals surface area (Å²) in [6.45, 7) is 2.55. The van der Waals surface area contributed by atoms with Crippen molar-refractivity contribution in [3.05, 3.63) is 29.3 Å². The molecule has 0 atom stereocenters. The van der Waals surface area contributed by atoms with E-state index in [4.69, 9.17) is 0 Å². The Morgan fingerprint density at radius 1 is 1.17 bits per heavy atom. The number of carbonyl (C=O) groups excluding carboxylic acids is 2. The van der Waals surface area contributed by atoms with Crippen molar-refractivity contribution in [3.63, 3.8) is 0 Å². The molecule has 1 saturated carbocycles. The van der Waals surface area contributed by atoms with Crippen LogP contribution in [0.4, 0.5) is 5.69 Å². The average Bonchev–Trinajstić information content (AvgIpc) is 2.55. The Labute approximate surface area is 150 Å². The normalized spacial score (nSPS) is 14.6. The molecular weight excluding hydrogens is 326 g/mol. The molecule has 0 aromatic heterocycles. The number of hydrogen-bond acceptors (Lipinski definition) is 3. The van der Waals surface area contributed by atoms with E-state index in [1.165, 1.54) is 19.3 Å². The lowest BCUT2D eigenvalue weighted by molar-refractivity contribution is -0.116. The zero-order valence-electron chi connectivity index (χ0n) is 14.5. The van der Waals surface area contributed by atoms with E-state index in [1.807, 2.05) is 26.1 Å². The predicted molar refractivity (Wildman–Crippen MR) is 99.9 cm³/mol. The van der Waals surface area contributed by atoms with Crippen molar-refractivity contribution in [1.29, 1.82) is 0 Å². The molecule has 0 spiro atoms. The van der Waals surface area contributed by atoms with E-state index in [-0.39, 0.29) is 24.2 Å². The molecule has 0 aliphatic heterocycles. The van der Waals surface area contributed by atoms with Crippen molar-refractivity contribution < 1.29 is 9.59 Å². The summed E-state index contributed by atoms with van der Waals surface area (Å²) >= 11 is 0. The van der Waals surface area contributed by atoms with Gasteiger partial charge in [-0.2, -0.15) is 0 Å². The number of amides is 2. The van der Waals surface area contributed by atoms with E-state index in [1.54, 1.807) is 6.07 Å². The topological polar surface area (TPSA) is 70.2 Å². The zero-order chi connectivity index (χ0) is 16.7. The number of hydrogen-bond donors (Lipinski definition) is 3. The van der Waals surface area contributed by atoms with Crippen molar-refractivity contribution in [1.82, 2.24) is 10.6 Å². The minimum atomic E-state index is -0.0261. The molecule has 1 fully saturated rings. The number of benzene rings is 1. The molecule has 3 N–H and O–H groups in total. The van der Waals surface area contributed by atoms with E-state index in [0.717, 1.165) is 24.1 Å². The smallest absolute Gasteiger partial charge is 0.251 e. The summed E-state index contributed by atoms with van der Waals surface area (Å²) in [4.78, 5) is 24.1. The Morgan fingerprint density at radius 2 is 1.88 bits per heavy atom. The molecule has 1 aliphatic carbocycles. The number of carbonyl (C=O) groups is 2. The molecule has 0 unspecified atom stereocenters. The standard InChI is InChI=1S/C18H27N3O2.ClH/c1-13-12-14(18(23)20-15-6-4-3-5-7-15)8-9-16(13)21-17(22)10-11-19-2;/h8-9,12,15,19H,3-7,10-11H2,1-2H3,(H,20,23)(H,21,22);1H. The van der Waals surface area contributed by atoms with Gasteiger partial charge in [0.1, 0.15) is 0 Å². The minimum Gasteiger partial charge on any atom is -0.349 e. The number of anilines is 1. The number of aryl methyl sites for hydroxylation is 1. The first kappa shape index (κ1) is 20.5. The second-order valence-electron chi connectivity index (χ2n) is 6.24. The van der Waals surface area contributed by atoms with Crippen molar-refractivity contribution >= 4 is 29.9 Å². The van der Waals surface area contributed by atoms with E-state index < -0.39 is 0 Å². The lowest BCUT2D eigenvalue weighted by atomic mass is 9.95. The number of halogens is 1. The van der Waals surface area contributed by atoms with Gasteiger partial charge in [-0.05, 0) is 50.6 Å². The fraction of sp³-hybridized carbons (Fsp3) is 0.556. The summed E-state index contributed by atoms with van der Waals surface area (Å²) in [6.07, 6.45) is 6.24. The Morgan fingerprint density at radius 3 is 2.50 bits per heavy atom. The van der Waals surface area contributed by atoms with Gasteiger partial charge in [0.25, 0.3) is 5.91 Å². The monoisotopic (exact) mass is 353 g/mol. The highest BCUT2D eigenvalue weighted by atomic mass is 35.5. The van der Waals surface area contributed by atoms with Gasteiger partial charge in [0.05, 0.1) is 0 Å². The third kappa shape index (κ3) is 6.13. The molecule has 5 nitrogen and oxygen atoms in total. The third-order valence-corrected chi connectivity index (χ3v) is 4.31. The number of rotatable bonds is 6.